The number of rotatable bonds is 4. The number of nitro benzene ring substituents is 1. The monoisotopic (exact) mass is 251 g/mol. The van der Waals surface area contributed by atoms with E-state index in [0.717, 1.165) is 13.1 Å². The van der Waals surface area contributed by atoms with Crippen molar-refractivity contribution >= 4 is 11.4 Å². The summed E-state index contributed by atoms with van der Waals surface area (Å²) in [7, 11) is 1.85. The summed E-state index contributed by atoms with van der Waals surface area (Å²) in [6.45, 7) is 2.98. The first-order chi connectivity index (χ1) is 8.68. The number of benzene rings is 1. The summed E-state index contributed by atoms with van der Waals surface area (Å²) in [6, 6.07) is 6.76. The number of ether oxygens (including phenoxy) is 1. The normalized spacial score (nSPS) is 19.5. The van der Waals surface area contributed by atoms with Crippen LogP contribution in [0, 0.1) is 10.1 Å². The van der Waals surface area contributed by atoms with Crippen molar-refractivity contribution in [2.75, 3.05) is 38.2 Å². The molecule has 0 bridgehead atoms. The van der Waals surface area contributed by atoms with Gasteiger partial charge in [0.15, 0.2) is 0 Å². The van der Waals surface area contributed by atoms with Crippen molar-refractivity contribution in [2.24, 2.45) is 0 Å². The van der Waals surface area contributed by atoms with Gasteiger partial charge in [-0.1, -0.05) is 12.1 Å². The van der Waals surface area contributed by atoms with Crippen LogP contribution in [0.3, 0.4) is 0 Å². The maximum atomic E-state index is 11.0. The molecule has 0 radical (unpaired) electrons. The molecule has 1 aromatic rings. The molecule has 0 spiro atoms. The fourth-order valence-electron chi connectivity index (χ4n) is 2.08. The Kier molecular flexibility index (Phi) is 4.11. The van der Waals surface area contributed by atoms with Gasteiger partial charge in [0.25, 0.3) is 5.69 Å². The van der Waals surface area contributed by atoms with Gasteiger partial charge < -0.3 is 15.0 Å². The molecule has 1 aliphatic heterocycles. The summed E-state index contributed by atoms with van der Waals surface area (Å²) in [5, 5.41) is 14.2. The molecular formula is C12H17N3O3. The second-order valence-electron chi connectivity index (χ2n) is 4.32. The molecule has 0 saturated carbocycles. The Morgan fingerprint density at radius 1 is 1.56 bits per heavy atom. The summed E-state index contributed by atoms with van der Waals surface area (Å²) in [4.78, 5) is 12.5. The summed E-state index contributed by atoms with van der Waals surface area (Å²) >= 11 is 0. The van der Waals surface area contributed by atoms with Crippen LogP contribution in [0.2, 0.25) is 0 Å². The zero-order chi connectivity index (χ0) is 13.0. The lowest BCUT2D eigenvalue weighted by atomic mass is 10.2. The van der Waals surface area contributed by atoms with E-state index in [1.54, 1.807) is 18.2 Å². The molecule has 1 aromatic carbocycles. The molecular weight excluding hydrogens is 234 g/mol. The van der Waals surface area contributed by atoms with Crippen LogP contribution in [0.1, 0.15) is 0 Å². The molecule has 98 valence electrons. The lowest BCUT2D eigenvalue weighted by molar-refractivity contribution is -0.384. The third-order valence-electron chi connectivity index (χ3n) is 2.97. The van der Waals surface area contributed by atoms with Gasteiger partial charge >= 0.3 is 0 Å². The van der Waals surface area contributed by atoms with Gasteiger partial charge in [-0.05, 0) is 6.07 Å². The SMILES string of the molecule is CN(CC1CNCCO1)c1ccccc1[N+](=O)[O-]. The summed E-state index contributed by atoms with van der Waals surface area (Å²) in [5.74, 6) is 0. The second-order valence-corrected chi connectivity index (χ2v) is 4.32. The predicted octanol–water partition coefficient (Wildman–Crippen LogP) is 1.02. The van der Waals surface area contributed by atoms with Crippen LogP contribution in [-0.2, 0) is 4.74 Å². The van der Waals surface area contributed by atoms with Crippen LogP contribution in [0.15, 0.2) is 24.3 Å². The fraction of sp³-hybridized carbons (Fsp3) is 0.500. The highest BCUT2D eigenvalue weighted by molar-refractivity contribution is 5.62. The summed E-state index contributed by atoms with van der Waals surface area (Å²) in [5.41, 5.74) is 0.750. The lowest BCUT2D eigenvalue weighted by Crippen LogP contribution is -2.44. The number of likely N-dealkylation sites (N-methyl/N-ethyl adjacent to an activating group) is 1. The van der Waals surface area contributed by atoms with Gasteiger partial charge in [-0.3, -0.25) is 10.1 Å². The number of para-hydroxylation sites is 2. The van der Waals surface area contributed by atoms with Crippen molar-refractivity contribution in [1.29, 1.82) is 0 Å². The van der Waals surface area contributed by atoms with Crippen molar-refractivity contribution in [2.45, 2.75) is 6.10 Å². The van der Waals surface area contributed by atoms with E-state index in [2.05, 4.69) is 5.32 Å². The predicted molar refractivity (Wildman–Crippen MR) is 69.0 cm³/mol. The Bertz CT molecular complexity index is 419. The topological polar surface area (TPSA) is 67.6 Å². The largest absolute Gasteiger partial charge is 0.374 e. The minimum absolute atomic E-state index is 0.0727. The molecule has 6 nitrogen and oxygen atoms in total. The third kappa shape index (κ3) is 2.96. The van der Waals surface area contributed by atoms with E-state index in [4.69, 9.17) is 4.74 Å². The van der Waals surface area contributed by atoms with Crippen molar-refractivity contribution in [3.63, 3.8) is 0 Å². The number of nitrogens with one attached hydrogen (secondary N) is 1. The lowest BCUT2D eigenvalue weighted by Gasteiger charge is -2.28. The first kappa shape index (κ1) is 12.8. The zero-order valence-electron chi connectivity index (χ0n) is 10.3. The Labute approximate surface area is 106 Å². The van der Waals surface area contributed by atoms with E-state index in [0.29, 0.717) is 18.8 Å². The molecule has 1 N–H and O–H groups in total. The Morgan fingerprint density at radius 3 is 3.00 bits per heavy atom. The molecule has 1 atom stereocenters. The van der Waals surface area contributed by atoms with Gasteiger partial charge in [0.1, 0.15) is 5.69 Å². The Hall–Kier alpha value is -1.66. The van der Waals surface area contributed by atoms with Crippen LogP contribution in [0.5, 0.6) is 0 Å². The molecule has 1 fully saturated rings. The van der Waals surface area contributed by atoms with Gasteiger partial charge in [0, 0.05) is 32.7 Å². The van der Waals surface area contributed by atoms with E-state index in [9.17, 15) is 10.1 Å². The second kappa shape index (κ2) is 5.79. The maximum Gasteiger partial charge on any atom is 0.292 e. The van der Waals surface area contributed by atoms with Gasteiger partial charge in [-0.25, -0.2) is 0 Å². The minimum atomic E-state index is -0.355. The number of hydrogen-bond acceptors (Lipinski definition) is 5. The molecule has 1 heterocycles. The summed E-state index contributed by atoms with van der Waals surface area (Å²) in [6.07, 6.45) is 0.0727. The van der Waals surface area contributed by atoms with Gasteiger partial charge in [-0.2, -0.15) is 0 Å². The first-order valence-electron chi connectivity index (χ1n) is 5.95. The highest BCUT2D eigenvalue weighted by Gasteiger charge is 2.20. The van der Waals surface area contributed by atoms with E-state index < -0.39 is 0 Å². The minimum Gasteiger partial charge on any atom is -0.374 e. The van der Waals surface area contributed by atoms with Crippen LogP contribution in [0.4, 0.5) is 11.4 Å². The van der Waals surface area contributed by atoms with Crippen molar-refractivity contribution in [3.8, 4) is 0 Å². The number of nitro groups is 1. The molecule has 0 aliphatic carbocycles. The highest BCUT2D eigenvalue weighted by Crippen LogP contribution is 2.26. The van der Waals surface area contributed by atoms with Crippen LogP contribution >= 0.6 is 0 Å². The average Bonchev–Trinajstić information content (AvgIpc) is 2.40. The standard InChI is InChI=1S/C12H17N3O3/c1-14(9-10-8-13-6-7-18-10)11-4-2-3-5-12(11)15(16)17/h2-5,10,13H,6-9H2,1H3. The maximum absolute atomic E-state index is 11.0. The summed E-state index contributed by atoms with van der Waals surface area (Å²) < 4.78 is 5.60. The van der Waals surface area contributed by atoms with Crippen molar-refractivity contribution < 1.29 is 9.66 Å². The van der Waals surface area contributed by atoms with Crippen molar-refractivity contribution in [3.05, 3.63) is 34.4 Å². The van der Waals surface area contributed by atoms with E-state index in [1.165, 1.54) is 6.07 Å². The van der Waals surface area contributed by atoms with E-state index in [1.807, 2.05) is 11.9 Å². The highest BCUT2D eigenvalue weighted by atomic mass is 16.6. The van der Waals surface area contributed by atoms with Crippen LogP contribution in [-0.4, -0.2) is 44.3 Å². The van der Waals surface area contributed by atoms with Gasteiger partial charge in [0.05, 0.1) is 17.6 Å². The molecule has 0 aromatic heterocycles. The first-order valence-corrected chi connectivity index (χ1v) is 5.95. The molecule has 1 aliphatic rings. The van der Waals surface area contributed by atoms with E-state index in [-0.39, 0.29) is 16.7 Å². The number of hydrogen-bond donors (Lipinski definition) is 1. The van der Waals surface area contributed by atoms with Gasteiger partial charge in [-0.15, -0.1) is 0 Å². The zero-order valence-corrected chi connectivity index (χ0v) is 10.3. The average molecular weight is 251 g/mol. The molecule has 18 heavy (non-hydrogen) atoms. The quantitative estimate of drug-likeness (QED) is 0.639. The van der Waals surface area contributed by atoms with Crippen LogP contribution in [0.25, 0.3) is 0 Å². The fourth-order valence-corrected chi connectivity index (χ4v) is 2.08. The molecule has 2 rings (SSSR count). The smallest absolute Gasteiger partial charge is 0.292 e. The van der Waals surface area contributed by atoms with E-state index >= 15 is 0 Å². The molecule has 0 amide bonds. The van der Waals surface area contributed by atoms with Gasteiger partial charge in [0.2, 0.25) is 0 Å². The number of morpholine rings is 1. The Balaban J connectivity index is 2.08. The number of nitrogens with zero attached hydrogens (tertiary/aromatic N) is 2. The molecule has 1 unspecified atom stereocenters. The van der Waals surface area contributed by atoms with Crippen molar-refractivity contribution in [1.82, 2.24) is 5.32 Å². The van der Waals surface area contributed by atoms with Crippen LogP contribution < -0.4 is 10.2 Å². The number of anilines is 1. The molecule has 1 saturated heterocycles. The Morgan fingerprint density at radius 2 is 2.33 bits per heavy atom. The third-order valence-corrected chi connectivity index (χ3v) is 2.97. The molecule has 6 heteroatoms.